The molecule has 104 valence electrons. The molecule has 3 nitrogen and oxygen atoms in total. The summed E-state index contributed by atoms with van der Waals surface area (Å²) in [5, 5.41) is 0.679. The first-order valence-corrected chi connectivity index (χ1v) is 7.14. The molecule has 1 aromatic carbocycles. The molecule has 1 aromatic rings. The Morgan fingerprint density at radius 3 is 2.47 bits per heavy atom. The molecule has 1 aliphatic rings. The van der Waals surface area contributed by atoms with Crippen LogP contribution in [0.25, 0.3) is 0 Å². The molecule has 0 saturated heterocycles. The van der Waals surface area contributed by atoms with E-state index in [-0.39, 0.29) is 18.1 Å². The number of nitrogens with two attached hydrogens (primary N) is 1. The van der Waals surface area contributed by atoms with Crippen molar-refractivity contribution in [2.75, 3.05) is 0 Å². The number of carbonyl (C=O) groups excluding carboxylic acids is 1. The predicted molar refractivity (Wildman–Crippen MR) is 75.9 cm³/mol. The maximum atomic E-state index is 11.8. The van der Waals surface area contributed by atoms with Gasteiger partial charge in [-0.05, 0) is 30.5 Å². The van der Waals surface area contributed by atoms with Crippen LogP contribution in [0.2, 0.25) is 5.02 Å². The SMILES string of the molecule is NC1(CC(=O)OCc2ccc(Cl)cc2)CCCCC1. The van der Waals surface area contributed by atoms with Gasteiger partial charge in [0.1, 0.15) is 6.61 Å². The lowest BCUT2D eigenvalue weighted by molar-refractivity contribution is -0.146. The lowest BCUT2D eigenvalue weighted by Crippen LogP contribution is -2.43. The summed E-state index contributed by atoms with van der Waals surface area (Å²) in [5.74, 6) is -0.209. The first kappa shape index (κ1) is 14.4. The Morgan fingerprint density at radius 1 is 1.21 bits per heavy atom. The summed E-state index contributed by atoms with van der Waals surface area (Å²) in [6.07, 6.45) is 5.60. The van der Waals surface area contributed by atoms with Crippen LogP contribution in [-0.4, -0.2) is 11.5 Å². The van der Waals surface area contributed by atoms with Crippen molar-refractivity contribution in [1.82, 2.24) is 0 Å². The van der Waals surface area contributed by atoms with E-state index in [1.807, 2.05) is 12.1 Å². The minimum absolute atomic E-state index is 0.209. The monoisotopic (exact) mass is 281 g/mol. The molecule has 0 amide bonds. The van der Waals surface area contributed by atoms with Gasteiger partial charge in [-0.1, -0.05) is 43.0 Å². The standard InChI is InChI=1S/C15H20ClNO2/c16-13-6-4-12(5-7-13)11-19-14(18)10-15(17)8-2-1-3-9-15/h4-7H,1-3,8-11,17H2. The molecule has 1 saturated carbocycles. The van der Waals surface area contributed by atoms with E-state index in [2.05, 4.69) is 0 Å². The van der Waals surface area contributed by atoms with E-state index in [9.17, 15) is 4.79 Å². The van der Waals surface area contributed by atoms with Crippen molar-refractivity contribution in [3.63, 3.8) is 0 Å². The third-order valence-corrected chi connectivity index (χ3v) is 3.91. The summed E-state index contributed by atoms with van der Waals surface area (Å²) in [6, 6.07) is 7.29. The van der Waals surface area contributed by atoms with Gasteiger partial charge in [-0.3, -0.25) is 4.79 Å². The largest absolute Gasteiger partial charge is 0.461 e. The smallest absolute Gasteiger partial charge is 0.307 e. The van der Waals surface area contributed by atoms with Crippen molar-refractivity contribution in [3.05, 3.63) is 34.9 Å². The predicted octanol–water partition coefficient (Wildman–Crippen LogP) is 3.43. The summed E-state index contributed by atoms with van der Waals surface area (Å²) >= 11 is 5.80. The third kappa shape index (κ3) is 4.51. The number of hydrogen-bond donors (Lipinski definition) is 1. The van der Waals surface area contributed by atoms with E-state index >= 15 is 0 Å². The summed E-state index contributed by atoms with van der Waals surface area (Å²) < 4.78 is 5.27. The van der Waals surface area contributed by atoms with E-state index in [1.54, 1.807) is 12.1 Å². The molecule has 0 aromatic heterocycles. The fourth-order valence-corrected chi connectivity index (χ4v) is 2.64. The number of hydrogen-bond acceptors (Lipinski definition) is 3. The second kappa shape index (κ2) is 6.40. The van der Waals surface area contributed by atoms with Gasteiger partial charge in [-0.2, -0.15) is 0 Å². The zero-order valence-corrected chi connectivity index (χ0v) is 11.8. The highest BCUT2D eigenvalue weighted by Gasteiger charge is 2.30. The summed E-state index contributed by atoms with van der Waals surface area (Å²) in [5.41, 5.74) is 6.82. The Bertz CT molecular complexity index is 424. The van der Waals surface area contributed by atoms with E-state index in [0.717, 1.165) is 31.2 Å². The first-order chi connectivity index (χ1) is 9.07. The quantitative estimate of drug-likeness (QED) is 0.860. The maximum absolute atomic E-state index is 11.8. The van der Waals surface area contributed by atoms with Gasteiger partial charge in [0.25, 0.3) is 0 Å². The van der Waals surface area contributed by atoms with Crippen molar-refractivity contribution in [2.24, 2.45) is 5.73 Å². The number of ether oxygens (including phenoxy) is 1. The molecule has 0 aliphatic heterocycles. The van der Waals surface area contributed by atoms with Crippen LogP contribution in [0.4, 0.5) is 0 Å². The molecule has 4 heteroatoms. The lowest BCUT2D eigenvalue weighted by Gasteiger charge is -2.32. The fourth-order valence-electron chi connectivity index (χ4n) is 2.52. The molecule has 0 atom stereocenters. The van der Waals surface area contributed by atoms with Crippen LogP contribution in [-0.2, 0) is 16.1 Å². The van der Waals surface area contributed by atoms with Gasteiger partial charge in [0.05, 0.1) is 6.42 Å². The Kier molecular flexibility index (Phi) is 4.83. The highest BCUT2D eigenvalue weighted by atomic mass is 35.5. The Hall–Kier alpha value is -1.06. The van der Waals surface area contributed by atoms with Gasteiger partial charge in [0, 0.05) is 10.6 Å². The molecular weight excluding hydrogens is 262 g/mol. The lowest BCUT2D eigenvalue weighted by atomic mass is 9.80. The van der Waals surface area contributed by atoms with Gasteiger partial charge in [0.15, 0.2) is 0 Å². The van der Waals surface area contributed by atoms with Gasteiger partial charge >= 0.3 is 5.97 Å². The minimum Gasteiger partial charge on any atom is -0.461 e. The van der Waals surface area contributed by atoms with Gasteiger partial charge in [0.2, 0.25) is 0 Å². The topological polar surface area (TPSA) is 52.3 Å². The van der Waals surface area contributed by atoms with Gasteiger partial charge in [-0.15, -0.1) is 0 Å². The van der Waals surface area contributed by atoms with Crippen LogP contribution in [0.3, 0.4) is 0 Å². The Balaban J connectivity index is 1.79. The molecule has 0 heterocycles. The van der Waals surface area contributed by atoms with Crippen LogP contribution in [0.15, 0.2) is 24.3 Å². The normalized spacial score (nSPS) is 18.0. The van der Waals surface area contributed by atoms with Crippen LogP contribution in [0, 0.1) is 0 Å². The summed E-state index contributed by atoms with van der Waals surface area (Å²) in [7, 11) is 0. The van der Waals surface area contributed by atoms with Crippen molar-refractivity contribution in [2.45, 2.75) is 50.7 Å². The first-order valence-electron chi connectivity index (χ1n) is 6.76. The van der Waals surface area contributed by atoms with Gasteiger partial charge in [-0.25, -0.2) is 0 Å². The molecule has 0 bridgehead atoms. The average Bonchev–Trinajstić information content (AvgIpc) is 2.38. The van der Waals surface area contributed by atoms with E-state index in [4.69, 9.17) is 22.1 Å². The third-order valence-electron chi connectivity index (χ3n) is 3.66. The Labute approximate surface area is 119 Å². The number of benzene rings is 1. The van der Waals surface area contributed by atoms with Crippen LogP contribution < -0.4 is 5.73 Å². The highest BCUT2D eigenvalue weighted by molar-refractivity contribution is 6.30. The zero-order chi connectivity index (χ0) is 13.7. The van der Waals surface area contributed by atoms with Crippen molar-refractivity contribution in [3.8, 4) is 0 Å². The van der Waals surface area contributed by atoms with Crippen molar-refractivity contribution in [1.29, 1.82) is 0 Å². The number of carbonyl (C=O) groups is 1. The molecule has 0 spiro atoms. The molecule has 1 fully saturated rings. The average molecular weight is 282 g/mol. The number of rotatable bonds is 4. The summed E-state index contributed by atoms with van der Waals surface area (Å²) in [4.78, 5) is 11.8. The van der Waals surface area contributed by atoms with Crippen LogP contribution >= 0.6 is 11.6 Å². The molecule has 2 rings (SSSR count). The Morgan fingerprint density at radius 2 is 1.84 bits per heavy atom. The van der Waals surface area contributed by atoms with Crippen molar-refractivity contribution >= 4 is 17.6 Å². The second-order valence-electron chi connectivity index (χ2n) is 5.39. The van der Waals surface area contributed by atoms with Gasteiger partial charge < -0.3 is 10.5 Å². The van der Waals surface area contributed by atoms with Crippen LogP contribution in [0.1, 0.15) is 44.1 Å². The second-order valence-corrected chi connectivity index (χ2v) is 5.82. The molecule has 0 unspecified atom stereocenters. The zero-order valence-electron chi connectivity index (χ0n) is 11.0. The number of halogens is 1. The number of esters is 1. The van der Waals surface area contributed by atoms with E-state index in [1.165, 1.54) is 6.42 Å². The summed E-state index contributed by atoms with van der Waals surface area (Å²) in [6.45, 7) is 0.284. The van der Waals surface area contributed by atoms with E-state index < -0.39 is 0 Å². The fraction of sp³-hybridized carbons (Fsp3) is 0.533. The highest BCUT2D eigenvalue weighted by Crippen LogP contribution is 2.29. The molecule has 2 N–H and O–H groups in total. The van der Waals surface area contributed by atoms with E-state index in [0.29, 0.717) is 11.4 Å². The van der Waals surface area contributed by atoms with Crippen LogP contribution in [0.5, 0.6) is 0 Å². The molecular formula is C15H20ClNO2. The van der Waals surface area contributed by atoms with Crippen molar-refractivity contribution < 1.29 is 9.53 Å². The molecule has 0 radical (unpaired) electrons. The minimum atomic E-state index is -0.352. The maximum Gasteiger partial charge on any atom is 0.307 e. The molecule has 19 heavy (non-hydrogen) atoms. The molecule has 1 aliphatic carbocycles.